The molecule has 0 saturated heterocycles. The number of rotatable bonds is 5. The Morgan fingerprint density at radius 1 is 1.53 bits per heavy atom. The Balaban J connectivity index is 3.42. The second kappa shape index (κ2) is 5.49. The van der Waals surface area contributed by atoms with Crippen molar-refractivity contribution in [1.82, 2.24) is 0 Å². The molecule has 0 aromatic heterocycles. The second-order valence-corrected chi connectivity index (χ2v) is 5.42. The van der Waals surface area contributed by atoms with Gasteiger partial charge in [0.2, 0.25) is 10.0 Å². The van der Waals surface area contributed by atoms with Crippen molar-refractivity contribution in [3.05, 3.63) is 28.1 Å². The number of primary sulfonamides is 1. The third-order valence-electron chi connectivity index (χ3n) is 2.42. The summed E-state index contributed by atoms with van der Waals surface area (Å²) in [7, 11) is -4.38. The molecule has 1 unspecified atom stereocenters. The molecule has 1 aromatic rings. The van der Waals surface area contributed by atoms with Crippen molar-refractivity contribution in [1.29, 1.82) is 0 Å². The topological polar surface area (TPSA) is 113 Å². The predicted octanol–water partition coefficient (Wildman–Crippen LogP) is 1.56. The van der Waals surface area contributed by atoms with E-state index in [2.05, 4.69) is 0 Å². The summed E-state index contributed by atoms with van der Waals surface area (Å²) in [5.74, 6) is -1.52. The molecule has 0 aliphatic rings. The minimum absolute atomic E-state index is 0.329. The van der Waals surface area contributed by atoms with Crippen LogP contribution in [0.4, 0.5) is 10.1 Å². The van der Waals surface area contributed by atoms with Gasteiger partial charge in [-0.1, -0.05) is 6.92 Å². The summed E-state index contributed by atoms with van der Waals surface area (Å²) in [4.78, 5) is 9.06. The van der Waals surface area contributed by atoms with E-state index in [4.69, 9.17) is 9.88 Å². The van der Waals surface area contributed by atoms with Crippen LogP contribution in [-0.2, 0) is 10.0 Å². The van der Waals surface area contributed by atoms with Crippen LogP contribution < -0.4 is 9.88 Å². The minimum atomic E-state index is -4.38. The van der Waals surface area contributed by atoms with Gasteiger partial charge in [0.1, 0.15) is 10.7 Å². The summed E-state index contributed by atoms with van der Waals surface area (Å²) in [6.45, 7) is 3.43. The van der Waals surface area contributed by atoms with Crippen LogP contribution in [0.5, 0.6) is 5.75 Å². The first-order valence-corrected chi connectivity index (χ1v) is 6.88. The van der Waals surface area contributed by atoms with Crippen LogP contribution in [0.1, 0.15) is 20.3 Å². The molecule has 7 nitrogen and oxygen atoms in total. The monoisotopic (exact) mass is 292 g/mol. The Morgan fingerprint density at radius 2 is 2.11 bits per heavy atom. The Kier molecular flexibility index (Phi) is 4.43. The molecule has 0 saturated carbocycles. The highest BCUT2D eigenvalue weighted by atomic mass is 32.2. The molecule has 19 heavy (non-hydrogen) atoms. The molecule has 0 spiro atoms. The Morgan fingerprint density at radius 3 is 2.53 bits per heavy atom. The van der Waals surface area contributed by atoms with Gasteiger partial charge in [-0.15, -0.1) is 0 Å². The smallest absolute Gasteiger partial charge is 0.312 e. The number of nitrogens with zero attached hydrogens (tertiary/aromatic N) is 1. The van der Waals surface area contributed by atoms with Crippen LogP contribution in [0, 0.1) is 15.9 Å². The number of nitro benzene ring substituents is 1. The lowest BCUT2D eigenvalue weighted by atomic mass is 10.2. The normalized spacial score (nSPS) is 13.1. The average Bonchev–Trinajstić information content (AvgIpc) is 2.26. The van der Waals surface area contributed by atoms with Crippen LogP contribution in [0.25, 0.3) is 0 Å². The predicted molar refractivity (Wildman–Crippen MR) is 64.8 cm³/mol. The van der Waals surface area contributed by atoms with E-state index in [-0.39, 0.29) is 11.9 Å². The van der Waals surface area contributed by atoms with Crippen LogP contribution in [0.15, 0.2) is 17.0 Å². The molecule has 0 heterocycles. The summed E-state index contributed by atoms with van der Waals surface area (Å²) >= 11 is 0. The maximum Gasteiger partial charge on any atom is 0.312 e. The maximum absolute atomic E-state index is 13.6. The van der Waals surface area contributed by atoms with Gasteiger partial charge in [0.05, 0.1) is 11.0 Å². The van der Waals surface area contributed by atoms with E-state index in [9.17, 15) is 22.9 Å². The van der Waals surface area contributed by atoms with Gasteiger partial charge >= 0.3 is 5.69 Å². The number of halogens is 1. The number of nitro groups is 1. The number of nitrogens with two attached hydrogens (primary N) is 1. The average molecular weight is 292 g/mol. The zero-order valence-corrected chi connectivity index (χ0v) is 11.1. The lowest BCUT2D eigenvalue weighted by molar-refractivity contribution is -0.386. The zero-order valence-electron chi connectivity index (χ0n) is 10.3. The lowest BCUT2D eigenvalue weighted by Gasteiger charge is -2.13. The van der Waals surface area contributed by atoms with Gasteiger partial charge < -0.3 is 4.74 Å². The van der Waals surface area contributed by atoms with Gasteiger partial charge in [0.25, 0.3) is 0 Å². The van der Waals surface area contributed by atoms with Crippen molar-refractivity contribution in [2.75, 3.05) is 0 Å². The number of benzene rings is 1. The van der Waals surface area contributed by atoms with Crippen LogP contribution in [0.3, 0.4) is 0 Å². The summed E-state index contributed by atoms with van der Waals surface area (Å²) in [5, 5.41) is 15.6. The summed E-state index contributed by atoms with van der Waals surface area (Å²) < 4.78 is 41.0. The van der Waals surface area contributed by atoms with E-state index in [1.165, 1.54) is 0 Å². The molecule has 0 fully saturated rings. The molecule has 0 bridgehead atoms. The standard InChI is InChI=1S/C10H13FN2O5S/c1-3-6(2)18-9-4-7(11)10(19(12,16)17)5-8(9)13(14)15/h4-6H,3H2,1-2H3,(H2,12,16,17). The molecular weight excluding hydrogens is 279 g/mol. The number of sulfonamides is 1. The second-order valence-electron chi connectivity index (χ2n) is 3.89. The molecule has 0 aliphatic carbocycles. The first-order valence-electron chi connectivity index (χ1n) is 5.34. The Labute approximate surface area is 109 Å². The van der Waals surface area contributed by atoms with Crippen LogP contribution in [-0.4, -0.2) is 19.4 Å². The number of hydrogen-bond acceptors (Lipinski definition) is 5. The molecule has 0 amide bonds. The van der Waals surface area contributed by atoms with E-state index >= 15 is 0 Å². The maximum atomic E-state index is 13.6. The van der Waals surface area contributed by atoms with Gasteiger partial charge in [-0.2, -0.15) is 0 Å². The minimum Gasteiger partial charge on any atom is -0.484 e. The third kappa shape index (κ3) is 3.61. The molecule has 2 N–H and O–H groups in total. The third-order valence-corrected chi connectivity index (χ3v) is 3.35. The highest BCUT2D eigenvalue weighted by Gasteiger charge is 2.25. The van der Waals surface area contributed by atoms with Crippen molar-refractivity contribution in [2.45, 2.75) is 31.3 Å². The Hall–Kier alpha value is -1.74. The molecule has 1 aromatic carbocycles. The van der Waals surface area contributed by atoms with Crippen molar-refractivity contribution >= 4 is 15.7 Å². The number of ether oxygens (including phenoxy) is 1. The quantitative estimate of drug-likeness (QED) is 0.653. The first kappa shape index (κ1) is 15.3. The van der Waals surface area contributed by atoms with E-state index < -0.39 is 31.3 Å². The molecule has 0 aliphatic heterocycles. The van der Waals surface area contributed by atoms with Crippen molar-refractivity contribution in [3.63, 3.8) is 0 Å². The van der Waals surface area contributed by atoms with Gasteiger partial charge in [0, 0.05) is 12.1 Å². The molecule has 106 valence electrons. The fraction of sp³-hybridized carbons (Fsp3) is 0.400. The summed E-state index contributed by atoms with van der Waals surface area (Å²) in [6, 6.07) is 1.21. The number of hydrogen-bond donors (Lipinski definition) is 1. The highest BCUT2D eigenvalue weighted by Crippen LogP contribution is 2.32. The van der Waals surface area contributed by atoms with Crippen molar-refractivity contribution in [3.8, 4) is 5.75 Å². The highest BCUT2D eigenvalue weighted by molar-refractivity contribution is 7.89. The fourth-order valence-corrected chi connectivity index (χ4v) is 1.89. The molecule has 1 atom stereocenters. The van der Waals surface area contributed by atoms with Crippen molar-refractivity contribution in [2.24, 2.45) is 5.14 Å². The zero-order chi connectivity index (χ0) is 14.8. The van der Waals surface area contributed by atoms with E-state index in [0.29, 0.717) is 18.6 Å². The largest absolute Gasteiger partial charge is 0.484 e. The molecular formula is C10H13FN2O5S. The summed E-state index contributed by atoms with van der Waals surface area (Å²) in [5.41, 5.74) is -0.647. The van der Waals surface area contributed by atoms with Crippen molar-refractivity contribution < 1.29 is 22.5 Å². The lowest BCUT2D eigenvalue weighted by Crippen LogP contribution is -2.16. The molecule has 9 heteroatoms. The van der Waals surface area contributed by atoms with E-state index in [1.807, 2.05) is 0 Å². The van der Waals surface area contributed by atoms with Gasteiger partial charge in [-0.05, 0) is 13.3 Å². The van der Waals surface area contributed by atoms with Gasteiger partial charge in [-0.25, -0.2) is 17.9 Å². The van der Waals surface area contributed by atoms with Gasteiger partial charge in [-0.3, -0.25) is 10.1 Å². The SMILES string of the molecule is CCC(C)Oc1cc(F)c(S(N)(=O)=O)cc1[N+](=O)[O-]. The Bertz CT molecular complexity index is 602. The molecule has 1 rings (SSSR count). The fourth-order valence-electron chi connectivity index (χ4n) is 1.28. The molecule has 0 radical (unpaired) electrons. The first-order chi connectivity index (χ1) is 8.66. The van der Waals surface area contributed by atoms with Gasteiger partial charge in [0.15, 0.2) is 5.75 Å². The van der Waals surface area contributed by atoms with Crippen LogP contribution >= 0.6 is 0 Å². The van der Waals surface area contributed by atoms with Crippen LogP contribution in [0.2, 0.25) is 0 Å². The summed E-state index contributed by atoms with van der Waals surface area (Å²) in [6.07, 6.45) is 0.175. The van der Waals surface area contributed by atoms with E-state index in [1.54, 1.807) is 13.8 Å². The van der Waals surface area contributed by atoms with E-state index in [0.717, 1.165) is 0 Å².